The Morgan fingerprint density at radius 2 is 2.08 bits per heavy atom. The number of carbonyl (C=O) groups is 1. The second-order valence-corrected chi connectivity index (χ2v) is 6.13. The molecule has 3 heterocycles. The molecule has 26 heavy (non-hydrogen) atoms. The number of nitrogens with zero attached hydrogens (tertiary/aromatic N) is 3. The normalized spacial score (nSPS) is 17.2. The minimum Gasteiger partial charge on any atom is -0.484 e. The largest absolute Gasteiger partial charge is 0.484 e. The van der Waals surface area contributed by atoms with Crippen LogP contribution in [0.1, 0.15) is 31.2 Å². The second kappa shape index (κ2) is 7.43. The summed E-state index contributed by atoms with van der Waals surface area (Å²) in [6.07, 6.45) is 4.30. The highest BCUT2D eigenvalue weighted by Gasteiger charge is 2.32. The van der Waals surface area contributed by atoms with Crippen molar-refractivity contribution in [1.82, 2.24) is 15.0 Å². The summed E-state index contributed by atoms with van der Waals surface area (Å²) in [5.41, 5.74) is 0. The summed E-state index contributed by atoms with van der Waals surface area (Å²) < 4.78 is 16.3. The third-order valence-corrected chi connectivity index (χ3v) is 4.40. The number of rotatable bonds is 5. The number of carbonyl (C=O) groups excluding carboxylic acids is 1. The topological polar surface area (TPSA) is 81.6 Å². The quantitative estimate of drug-likeness (QED) is 0.699. The van der Waals surface area contributed by atoms with Crippen molar-refractivity contribution in [2.24, 2.45) is 0 Å². The molecule has 1 atom stereocenters. The fourth-order valence-electron chi connectivity index (χ4n) is 3.11. The molecule has 4 rings (SSSR count). The zero-order valence-electron chi connectivity index (χ0n) is 14.2. The fraction of sp³-hybridized carbons (Fsp3) is 0.316. The first kappa shape index (κ1) is 16.4. The van der Waals surface area contributed by atoms with E-state index in [0.717, 1.165) is 19.3 Å². The van der Waals surface area contributed by atoms with Gasteiger partial charge in [0.15, 0.2) is 12.4 Å². The third kappa shape index (κ3) is 3.46. The van der Waals surface area contributed by atoms with E-state index < -0.39 is 0 Å². The van der Waals surface area contributed by atoms with E-state index in [0.29, 0.717) is 29.8 Å². The number of hydrogen-bond acceptors (Lipinski definition) is 6. The molecule has 0 spiro atoms. The van der Waals surface area contributed by atoms with E-state index in [-0.39, 0.29) is 18.6 Å². The van der Waals surface area contributed by atoms with Gasteiger partial charge < -0.3 is 18.6 Å². The van der Waals surface area contributed by atoms with Crippen molar-refractivity contribution in [3.8, 4) is 17.3 Å². The van der Waals surface area contributed by atoms with Gasteiger partial charge in [0.2, 0.25) is 11.7 Å². The number of furan rings is 1. The Bertz CT molecular complexity index is 845. The van der Waals surface area contributed by atoms with Crippen molar-refractivity contribution in [3.05, 3.63) is 54.6 Å². The van der Waals surface area contributed by atoms with E-state index in [9.17, 15) is 4.79 Å². The van der Waals surface area contributed by atoms with Gasteiger partial charge in [0.05, 0.1) is 6.26 Å². The zero-order chi connectivity index (χ0) is 17.8. The van der Waals surface area contributed by atoms with Gasteiger partial charge in [-0.1, -0.05) is 23.4 Å². The summed E-state index contributed by atoms with van der Waals surface area (Å²) in [5.74, 6) is 1.96. The van der Waals surface area contributed by atoms with Crippen LogP contribution in [0.5, 0.6) is 5.75 Å². The lowest BCUT2D eigenvalue weighted by Crippen LogP contribution is -2.41. The Kier molecular flexibility index (Phi) is 4.68. The second-order valence-electron chi connectivity index (χ2n) is 6.13. The average molecular weight is 353 g/mol. The molecule has 1 aliphatic heterocycles. The van der Waals surface area contributed by atoms with Gasteiger partial charge in [-0.3, -0.25) is 4.79 Å². The lowest BCUT2D eigenvalue weighted by atomic mass is 10.0. The maximum absolute atomic E-state index is 12.7. The van der Waals surface area contributed by atoms with E-state index >= 15 is 0 Å². The van der Waals surface area contributed by atoms with E-state index in [4.69, 9.17) is 13.7 Å². The Morgan fingerprint density at radius 1 is 1.19 bits per heavy atom. The highest BCUT2D eigenvalue weighted by molar-refractivity contribution is 5.78. The van der Waals surface area contributed by atoms with Crippen molar-refractivity contribution in [1.29, 1.82) is 0 Å². The van der Waals surface area contributed by atoms with Crippen LogP contribution in [0.3, 0.4) is 0 Å². The molecule has 7 nitrogen and oxygen atoms in total. The molecule has 0 bridgehead atoms. The zero-order valence-corrected chi connectivity index (χ0v) is 14.2. The smallest absolute Gasteiger partial charge is 0.261 e. The first-order valence-electron chi connectivity index (χ1n) is 8.66. The molecule has 1 amide bonds. The Balaban J connectivity index is 1.47. The molecule has 0 aliphatic carbocycles. The number of hydrogen-bond donors (Lipinski definition) is 0. The standard InChI is InChI=1S/C19H19N3O4/c23-17(13-25-14-7-2-1-3-8-14)22-11-5-4-9-15(22)19-20-18(21-26-19)16-10-6-12-24-16/h1-3,6-8,10,12,15H,4-5,9,11,13H2. The molecule has 2 aromatic heterocycles. The highest BCUT2D eigenvalue weighted by atomic mass is 16.5. The summed E-state index contributed by atoms with van der Waals surface area (Å²) in [6.45, 7) is 0.639. The van der Waals surface area contributed by atoms with Gasteiger partial charge in [-0.25, -0.2) is 0 Å². The number of para-hydroxylation sites is 1. The van der Waals surface area contributed by atoms with Gasteiger partial charge in [0.25, 0.3) is 5.91 Å². The molecule has 134 valence electrons. The molecule has 3 aromatic rings. The molecule has 0 N–H and O–H groups in total. The molecule has 1 aromatic carbocycles. The molecule has 1 aliphatic rings. The van der Waals surface area contributed by atoms with Crippen LogP contribution >= 0.6 is 0 Å². The molecule has 1 fully saturated rings. The molecule has 7 heteroatoms. The van der Waals surface area contributed by atoms with Crippen LogP contribution in [-0.4, -0.2) is 34.1 Å². The van der Waals surface area contributed by atoms with Crippen molar-refractivity contribution < 1.29 is 18.5 Å². The van der Waals surface area contributed by atoms with Gasteiger partial charge >= 0.3 is 0 Å². The van der Waals surface area contributed by atoms with Crippen molar-refractivity contribution in [2.75, 3.05) is 13.2 Å². The summed E-state index contributed by atoms with van der Waals surface area (Å²) in [6, 6.07) is 12.6. The molecule has 0 radical (unpaired) electrons. The third-order valence-electron chi connectivity index (χ3n) is 4.40. The summed E-state index contributed by atoms with van der Waals surface area (Å²) in [5, 5.41) is 3.97. The van der Waals surface area contributed by atoms with Gasteiger partial charge in [-0.05, 0) is 43.5 Å². The monoisotopic (exact) mass is 353 g/mol. The Labute approximate surface area is 150 Å². The highest BCUT2D eigenvalue weighted by Crippen LogP contribution is 2.31. The van der Waals surface area contributed by atoms with Crippen LogP contribution in [0.2, 0.25) is 0 Å². The molecular weight excluding hydrogens is 334 g/mol. The molecule has 1 saturated heterocycles. The van der Waals surface area contributed by atoms with Crippen molar-refractivity contribution >= 4 is 5.91 Å². The van der Waals surface area contributed by atoms with Gasteiger partial charge in [-0.15, -0.1) is 0 Å². The number of amides is 1. The van der Waals surface area contributed by atoms with E-state index in [2.05, 4.69) is 10.1 Å². The predicted molar refractivity (Wildman–Crippen MR) is 92.2 cm³/mol. The van der Waals surface area contributed by atoms with E-state index in [1.165, 1.54) is 0 Å². The first-order valence-corrected chi connectivity index (χ1v) is 8.66. The molecular formula is C19H19N3O4. The number of likely N-dealkylation sites (tertiary alicyclic amines) is 1. The summed E-state index contributed by atoms with van der Waals surface area (Å²) >= 11 is 0. The van der Waals surface area contributed by atoms with Gasteiger partial charge in [0.1, 0.15) is 11.8 Å². The van der Waals surface area contributed by atoms with Crippen molar-refractivity contribution in [2.45, 2.75) is 25.3 Å². The average Bonchev–Trinajstić information content (AvgIpc) is 3.38. The molecule has 1 unspecified atom stereocenters. The number of benzene rings is 1. The Morgan fingerprint density at radius 3 is 2.88 bits per heavy atom. The number of piperidine rings is 1. The van der Waals surface area contributed by atoms with Crippen LogP contribution in [0, 0.1) is 0 Å². The number of ether oxygens (including phenoxy) is 1. The van der Waals surface area contributed by atoms with Crippen molar-refractivity contribution in [3.63, 3.8) is 0 Å². The van der Waals surface area contributed by atoms with Crippen LogP contribution in [0.4, 0.5) is 0 Å². The maximum Gasteiger partial charge on any atom is 0.261 e. The van der Waals surface area contributed by atoms with Crippen LogP contribution in [0.15, 0.2) is 57.7 Å². The summed E-state index contributed by atoms with van der Waals surface area (Å²) in [4.78, 5) is 18.9. The van der Waals surface area contributed by atoms with E-state index in [1.54, 1.807) is 23.3 Å². The fourth-order valence-corrected chi connectivity index (χ4v) is 3.11. The predicted octanol–water partition coefficient (Wildman–Crippen LogP) is 3.46. The molecule has 0 saturated carbocycles. The SMILES string of the molecule is O=C(COc1ccccc1)N1CCCCC1c1nc(-c2ccco2)no1. The van der Waals surface area contributed by atoms with Crippen LogP contribution in [-0.2, 0) is 4.79 Å². The summed E-state index contributed by atoms with van der Waals surface area (Å²) in [7, 11) is 0. The Hall–Kier alpha value is -3.09. The van der Waals surface area contributed by atoms with E-state index in [1.807, 2.05) is 30.3 Å². The van der Waals surface area contributed by atoms with Crippen LogP contribution < -0.4 is 4.74 Å². The van der Waals surface area contributed by atoms with Gasteiger partial charge in [0, 0.05) is 6.54 Å². The first-order chi connectivity index (χ1) is 12.8. The number of aromatic nitrogens is 2. The lowest BCUT2D eigenvalue weighted by Gasteiger charge is -2.33. The maximum atomic E-state index is 12.7. The minimum atomic E-state index is -0.230. The lowest BCUT2D eigenvalue weighted by molar-refractivity contribution is -0.138. The van der Waals surface area contributed by atoms with Gasteiger partial charge in [-0.2, -0.15) is 4.98 Å². The minimum absolute atomic E-state index is 0.0142. The van der Waals surface area contributed by atoms with Crippen LogP contribution in [0.25, 0.3) is 11.6 Å².